The maximum atomic E-state index is 13.1. The third-order valence-corrected chi connectivity index (χ3v) is 4.98. The Morgan fingerprint density at radius 3 is 2.50 bits per heavy atom. The van der Waals surface area contributed by atoms with Gasteiger partial charge in [-0.05, 0) is 32.3 Å². The minimum absolute atomic E-state index is 0.109. The molecule has 0 spiro atoms. The van der Waals surface area contributed by atoms with Crippen LogP contribution in [0, 0.1) is 19.3 Å². The van der Waals surface area contributed by atoms with Crippen LogP contribution in [0.15, 0.2) is 0 Å². The van der Waals surface area contributed by atoms with Gasteiger partial charge in [0, 0.05) is 37.8 Å². The number of hydrogen-bond donors (Lipinski definition) is 1. The number of alkyl halides is 3. The second-order valence-corrected chi connectivity index (χ2v) is 6.75. The highest BCUT2D eigenvalue weighted by Gasteiger charge is 2.38. The molecular weight excluding hydrogens is 351 g/mol. The number of ether oxygens (including phenoxy) is 2. The molecule has 1 aliphatic rings. The van der Waals surface area contributed by atoms with Crippen molar-refractivity contribution < 1.29 is 22.6 Å². The molecule has 26 heavy (non-hydrogen) atoms. The molecule has 1 fully saturated rings. The van der Waals surface area contributed by atoms with Crippen molar-refractivity contribution in [2.75, 3.05) is 38.8 Å². The van der Waals surface area contributed by atoms with Gasteiger partial charge in [-0.3, -0.25) is 0 Å². The van der Waals surface area contributed by atoms with E-state index in [0.29, 0.717) is 37.7 Å². The van der Waals surface area contributed by atoms with E-state index in [1.165, 1.54) is 0 Å². The van der Waals surface area contributed by atoms with Crippen molar-refractivity contribution in [3.05, 3.63) is 17.0 Å². The van der Waals surface area contributed by atoms with Crippen LogP contribution in [-0.2, 0) is 15.7 Å². The zero-order valence-electron chi connectivity index (χ0n) is 15.0. The van der Waals surface area contributed by atoms with Gasteiger partial charge in [-0.2, -0.15) is 17.7 Å². The van der Waals surface area contributed by atoms with Crippen LogP contribution >= 0.6 is 0 Å². The first-order valence-electron chi connectivity index (χ1n) is 8.38. The summed E-state index contributed by atoms with van der Waals surface area (Å²) in [6, 6.07) is 0. The molecule has 1 saturated heterocycles. The molecule has 10 heteroatoms. The molecule has 0 saturated carbocycles. The highest BCUT2D eigenvalue weighted by atomic mass is 19.4. The summed E-state index contributed by atoms with van der Waals surface area (Å²) in [4.78, 5) is 0. The Morgan fingerprint density at radius 1 is 1.19 bits per heavy atom. The van der Waals surface area contributed by atoms with Crippen LogP contribution in [0.5, 0.6) is 0 Å². The maximum absolute atomic E-state index is 13.1. The number of hydrogen-bond acceptors (Lipinski definition) is 6. The van der Waals surface area contributed by atoms with Crippen LogP contribution in [0.3, 0.4) is 0 Å². The van der Waals surface area contributed by atoms with E-state index < -0.39 is 12.0 Å². The van der Waals surface area contributed by atoms with E-state index in [1.54, 1.807) is 21.0 Å². The molecule has 0 aliphatic carbocycles. The number of aromatic nitrogens is 4. The van der Waals surface area contributed by atoms with Gasteiger partial charge in [-0.15, -0.1) is 15.3 Å². The summed E-state index contributed by atoms with van der Waals surface area (Å²) in [6.07, 6.45) is -2.99. The SMILES string of the molecule is COCC1(CNc2nn3c(C(F)(F)F)nnc3c(C)c2C)CCOCC1. The van der Waals surface area contributed by atoms with Crippen LogP contribution in [-0.4, -0.2) is 53.3 Å². The highest BCUT2D eigenvalue weighted by Crippen LogP contribution is 2.33. The van der Waals surface area contributed by atoms with Crippen LogP contribution in [0.4, 0.5) is 19.0 Å². The molecule has 3 rings (SSSR count). The number of nitrogens with one attached hydrogen (secondary N) is 1. The fraction of sp³-hybridized carbons (Fsp3) is 0.688. The number of rotatable bonds is 5. The van der Waals surface area contributed by atoms with E-state index in [9.17, 15) is 13.2 Å². The second kappa shape index (κ2) is 6.99. The van der Waals surface area contributed by atoms with Gasteiger partial charge >= 0.3 is 6.18 Å². The second-order valence-electron chi connectivity index (χ2n) is 6.75. The molecule has 0 radical (unpaired) electrons. The van der Waals surface area contributed by atoms with Crippen LogP contribution in [0.2, 0.25) is 0 Å². The zero-order valence-corrected chi connectivity index (χ0v) is 15.0. The van der Waals surface area contributed by atoms with Crippen LogP contribution < -0.4 is 5.32 Å². The largest absolute Gasteiger partial charge is 0.453 e. The van der Waals surface area contributed by atoms with Gasteiger partial charge in [0.25, 0.3) is 5.82 Å². The topological polar surface area (TPSA) is 73.6 Å². The van der Waals surface area contributed by atoms with Crippen molar-refractivity contribution in [1.82, 2.24) is 19.8 Å². The Hall–Kier alpha value is -1.94. The third kappa shape index (κ3) is 3.48. The van der Waals surface area contributed by atoms with E-state index in [4.69, 9.17) is 9.47 Å². The molecule has 0 atom stereocenters. The van der Waals surface area contributed by atoms with Gasteiger partial charge in [0.1, 0.15) is 5.82 Å². The standard InChI is InChI=1S/C16H22F3N5O2/c1-10-11(2)13-21-22-14(16(17,18)19)24(13)23-12(10)20-8-15(9-25-3)4-6-26-7-5-15/h4-9H2,1-3H3,(H,20,23). The number of halogens is 3. The first kappa shape index (κ1) is 18.8. The maximum Gasteiger partial charge on any atom is 0.453 e. The summed E-state index contributed by atoms with van der Waals surface area (Å²) in [5, 5.41) is 14.3. The summed E-state index contributed by atoms with van der Waals surface area (Å²) < 4.78 is 51.0. The molecule has 1 aliphatic heterocycles. The molecule has 2 aromatic heterocycles. The summed E-state index contributed by atoms with van der Waals surface area (Å²) in [6.45, 7) is 5.88. The van der Waals surface area contributed by atoms with Crippen molar-refractivity contribution >= 4 is 11.5 Å². The molecule has 3 heterocycles. The zero-order chi connectivity index (χ0) is 18.9. The fourth-order valence-electron chi connectivity index (χ4n) is 3.23. The van der Waals surface area contributed by atoms with E-state index in [0.717, 1.165) is 22.9 Å². The van der Waals surface area contributed by atoms with Gasteiger partial charge in [-0.25, -0.2) is 0 Å². The Kier molecular flexibility index (Phi) is 5.07. The Balaban J connectivity index is 1.93. The first-order valence-corrected chi connectivity index (χ1v) is 8.38. The Labute approximate surface area is 148 Å². The lowest BCUT2D eigenvalue weighted by atomic mass is 9.81. The first-order chi connectivity index (χ1) is 12.3. The lowest BCUT2D eigenvalue weighted by Gasteiger charge is -2.37. The predicted molar refractivity (Wildman–Crippen MR) is 88.1 cm³/mol. The van der Waals surface area contributed by atoms with E-state index in [2.05, 4.69) is 20.6 Å². The monoisotopic (exact) mass is 373 g/mol. The van der Waals surface area contributed by atoms with Crippen LogP contribution in [0.1, 0.15) is 29.8 Å². The Morgan fingerprint density at radius 2 is 1.88 bits per heavy atom. The van der Waals surface area contributed by atoms with E-state index in [-0.39, 0.29) is 11.1 Å². The molecular formula is C16H22F3N5O2. The Bertz CT molecular complexity index is 779. The van der Waals surface area contributed by atoms with Crippen molar-refractivity contribution in [1.29, 1.82) is 0 Å². The van der Waals surface area contributed by atoms with E-state index >= 15 is 0 Å². The molecule has 0 bridgehead atoms. The van der Waals surface area contributed by atoms with Gasteiger partial charge in [-0.1, -0.05) is 0 Å². The lowest BCUT2D eigenvalue weighted by Crippen LogP contribution is -2.40. The van der Waals surface area contributed by atoms with E-state index in [1.807, 2.05) is 0 Å². The number of fused-ring (bicyclic) bond motifs is 1. The summed E-state index contributed by atoms with van der Waals surface area (Å²) >= 11 is 0. The van der Waals surface area contributed by atoms with Gasteiger partial charge in [0.2, 0.25) is 0 Å². The summed E-state index contributed by atoms with van der Waals surface area (Å²) in [7, 11) is 1.64. The molecule has 0 unspecified atom stereocenters. The highest BCUT2D eigenvalue weighted by molar-refractivity contribution is 5.58. The van der Waals surface area contributed by atoms with Gasteiger partial charge < -0.3 is 14.8 Å². The molecule has 7 nitrogen and oxygen atoms in total. The smallest absolute Gasteiger partial charge is 0.384 e. The minimum Gasteiger partial charge on any atom is -0.384 e. The minimum atomic E-state index is -4.62. The van der Waals surface area contributed by atoms with Gasteiger partial charge in [0.15, 0.2) is 5.65 Å². The molecule has 144 valence electrons. The number of methoxy groups -OCH3 is 1. The summed E-state index contributed by atoms with van der Waals surface area (Å²) in [5.74, 6) is -0.737. The van der Waals surface area contributed by atoms with Crippen molar-refractivity contribution in [3.8, 4) is 0 Å². The quantitative estimate of drug-likeness (QED) is 0.869. The normalized spacial score (nSPS) is 17.6. The van der Waals surface area contributed by atoms with Crippen molar-refractivity contribution in [2.45, 2.75) is 32.9 Å². The third-order valence-electron chi connectivity index (χ3n) is 4.98. The predicted octanol–water partition coefficient (Wildman–Crippen LogP) is 2.62. The van der Waals surface area contributed by atoms with Crippen molar-refractivity contribution in [3.63, 3.8) is 0 Å². The molecule has 0 amide bonds. The summed E-state index contributed by atoms with van der Waals surface area (Å²) in [5.41, 5.74) is 1.33. The number of nitrogens with zero attached hydrogens (tertiary/aromatic N) is 4. The number of anilines is 1. The molecule has 1 N–H and O–H groups in total. The number of aryl methyl sites for hydroxylation is 1. The average Bonchev–Trinajstić information content (AvgIpc) is 3.02. The van der Waals surface area contributed by atoms with Crippen LogP contribution in [0.25, 0.3) is 5.65 Å². The van der Waals surface area contributed by atoms with Gasteiger partial charge in [0.05, 0.1) is 6.61 Å². The average molecular weight is 373 g/mol. The molecule has 2 aromatic rings. The molecule has 0 aromatic carbocycles. The lowest BCUT2D eigenvalue weighted by molar-refractivity contribution is -0.146. The fourth-order valence-corrected chi connectivity index (χ4v) is 3.23. The van der Waals surface area contributed by atoms with Crippen molar-refractivity contribution in [2.24, 2.45) is 5.41 Å².